The molecule has 31 heavy (non-hydrogen) atoms. The first-order valence-corrected chi connectivity index (χ1v) is 12.0. The lowest BCUT2D eigenvalue weighted by atomic mass is 10.1. The number of anilines is 2. The molecule has 6 heteroatoms. The summed E-state index contributed by atoms with van der Waals surface area (Å²) in [5.41, 5.74) is 3.83. The topological polar surface area (TPSA) is 57.7 Å². The number of hydrogen-bond donors (Lipinski definition) is 0. The molecule has 0 aromatic heterocycles. The molecule has 4 rings (SSSR count). The number of nitrogens with zero attached hydrogens (tertiary/aromatic N) is 2. The Morgan fingerprint density at radius 3 is 2.32 bits per heavy atom. The third kappa shape index (κ3) is 4.49. The van der Waals surface area contributed by atoms with E-state index in [0.717, 1.165) is 27.6 Å². The Labute approximate surface area is 183 Å². The van der Waals surface area contributed by atoms with Crippen LogP contribution in [-0.2, 0) is 14.6 Å². The number of carbonyl (C=O) groups excluding carboxylic acids is 1. The highest BCUT2D eigenvalue weighted by atomic mass is 32.2. The Hall–Kier alpha value is -3.12. The molecule has 160 valence electrons. The molecule has 1 heterocycles. The van der Waals surface area contributed by atoms with Gasteiger partial charge in [-0.15, -0.1) is 0 Å². The average Bonchev–Trinajstić information content (AvgIpc) is 3.09. The van der Waals surface area contributed by atoms with Crippen molar-refractivity contribution in [2.75, 3.05) is 29.1 Å². The molecular formula is C25H26N2O3S. The van der Waals surface area contributed by atoms with Crippen LogP contribution in [0.1, 0.15) is 11.1 Å². The van der Waals surface area contributed by atoms with Gasteiger partial charge >= 0.3 is 0 Å². The molecule has 0 spiro atoms. The molecule has 0 unspecified atom stereocenters. The second-order valence-corrected chi connectivity index (χ2v) is 10.1. The molecule has 3 aromatic rings. The Balaban J connectivity index is 1.63. The maximum Gasteiger partial charge on any atom is 0.247 e. The van der Waals surface area contributed by atoms with Gasteiger partial charge < -0.3 is 9.80 Å². The number of amides is 1. The first kappa shape index (κ1) is 21.1. The van der Waals surface area contributed by atoms with Gasteiger partial charge in [-0.05, 0) is 66.1 Å². The fourth-order valence-electron chi connectivity index (χ4n) is 3.90. The van der Waals surface area contributed by atoms with Crippen LogP contribution in [0.15, 0.2) is 72.1 Å². The smallest absolute Gasteiger partial charge is 0.247 e. The normalized spacial score (nSPS) is 17.1. The maximum absolute atomic E-state index is 13.4. The SMILES string of the molecule is Cc1ccc(N(C(=O)CN(C)c2ccc3ccccc3c2)[C@@H]2C=CS(=O)(=O)C2)cc1C. The van der Waals surface area contributed by atoms with Gasteiger partial charge in [-0.25, -0.2) is 8.42 Å². The van der Waals surface area contributed by atoms with E-state index >= 15 is 0 Å². The summed E-state index contributed by atoms with van der Waals surface area (Å²) in [7, 11) is -1.42. The first-order chi connectivity index (χ1) is 14.7. The van der Waals surface area contributed by atoms with Gasteiger partial charge in [-0.3, -0.25) is 4.79 Å². The van der Waals surface area contributed by atoms with Crippen molar-refractivity contribution in [3.63, 3.8) is 0 Å². The van der Waals surface area contributed by atoms with Crippen LogP contribution in [0.4, 0.5) is 11.4 Å². The number of hydrogen-bond acceptors (Lipinski definition) is 4. The largest absolute Gasteiger partial charge is 0.365 e. The van der Waals surface area contributed by atoms with Crippen molar-refractivity contribution in [1.29, 1.82) is 0 Å². The van der Waals surface area contributed by atoms with Gasteiger partial charge in [-0.1, -0.05) is 36.4 Å². The number of aryl methyl sites for hydroxylation is 2. The van der Waals surface area contributed by atoms with E-state index in [4.69, 9.17) is 0 Å². The van der Waals surface area contributed by atoms with Gasteiger partial charge in [-0.2, -0.15) is 0 Å². The lowest BCUT2D eigenvalue weighted by Crippen LogP contribution is -2.46. The second-order valence-electron chi connectivity index (χ2n) is 8.15. The van der Waals surface area contributed by atoms with E-state index in [1.165, 1.54) is 5.41 Å². The number of rotatable bonds is 5. The number of likely N-dealkylation sites (N-methyl/N-ethyl adjacent to an activating group) is 1. The van der Waals surface area contributed by atoms with Gasteiger partial charge in [0.05, 0.1) is 18.3 Å². The summed E-state index contributed by atoms with van der Waals surface area (Å²) in [6, 6.07) is 19.5. The van der Waals surface area contributed by atoms with Gasteiger partial charge in [0.1, 0.15) is 0 Å². The Morgan fingerprint density at radius 2 is 1.65 bits per heavy atom. The molecule has 0 radical (unpaired) electrons. The zero-order valence-corrected chi connectivity index (χ0v) is 18.8. The third-order valence-electron chi connectivity index (χ3n) is 5.83. The van der Waals surface area contributed by atoms with Crippen LogP contribution in [0, 0.1) is 13.8 Å². The van der Waals surface area contributed by atoms with Crippen molar-refractivity contribution < 1.29 is 13.2 Å². The summed E-state index contributed by atoms with van der Waals surface area (Å²) < 4.78 is 24.1. The lowest BCUT2D eigenvalue weighted by molar-refractivity contribution is -0.117. The highest BCUT2D eigenvalue weighted by Gasteiger charge is 2.32. The first-order valence-electron chi connectivity index (χ1n) is 10.2. The number of sulfone groups is 1. The van der Waals surface area contributed by atoms with Crippen LogP contribution in [0.25, 0.3) is 10.8 Å². The van der Waals surface area contributed by atoms with Gasteiger partial charge in [0.15, 0.2) is 9.84 Å². The molecule has 0 saturated carbocycles. The van der Waals surface area contributed by atoms with Crippen molar-refractivity contribution in [2.24, 2.45) is 0 Å². The van der Waals surface area contributed by atoms with Crippen molar-refractivity contribution in [3.05, 3.63) is 83.3 Å². The minimum Gasteiger partial charge on any atom is -0.365 e. The monoisotopic (exact) mass is 434 g/mol. The number of carbonyl (C=O) groups is 1. The summed E-state index contributed by atoms with van der Waals surface area (Å²) >= 11 is 0. The molecule has 1 amide bonds. The van der Waals surface area contributed by atoms with E-state index in [0.29, 0.717) is 5.69 Å². The van der Waals surface area contributed by atoms with Crippen LogP contribution in [0.3, 0.4) is 0 Å². The Bertz CT molecular complexity index is 1280. The van der Waals surface area contributed by atoms with Crippen molar-refractivity contribution in [1.82, 2.24) is 0 Å². The van der Waals surface area contributed by atoms with Crippen LogP contribution in [0.5, 0.6) is 0 Å². The summed E-state index contributed by atoms with van der Waals surface area (Å²) in [4.78, 5) is 17.0. The Morgan fingerprint density at radius 1 is 0.935 bits per heavy atom. The summed E-state index contributed by atoms with van der Waals surface area (Å²) in [5.74, 6) is -0.239. The molecular weight excluding hydrogens is 408 g/mol. The standard InChI is InChI=1S/C25H26N2O3S/c1-18-8-10-23(14-19(18)2)27(24-12-13-31(29,30)17-24)25(28)16-26(3)22-11-9-20-6-4-5-7-21(20)15-22/h4-15,24H,16-17H2,1-3H3/t24-/m1/s1. The van der Waals surface area contributed by atoms with E-state index in [1.807, 2.05) is 74.3 Å². The van der Waals surface area contributed by atoms with Crippen molar-refractivity contribution in [2.45, 2.75) is 19.9 Å². The van der Waals surface area contributed by atoms with E-state index in [9.17, 15) is 13.2 Å². The maximum atomic E-state index is 13.4. The molecule has 1 aliphatic heterocycles. The van der Waals surface area contributed by atoms with Crippen LogP contribution in [-0.4, -0.2) is 39.7 Å². The molecule has 0 bridgehead atoms. The molecule has 5 nitrogen and oxygen atoms in total. The van der Waals surface area contributed by atoms with Crippen molar-refractivity contribution >= 4 is 37.9 Å². The van der Waals surface area contributed by atoms with E-state index in [2.05, 4.69) is 12.1 Å². The fourth-order valence-corrected chi connectivity index (χ4v) is 5.17. The second kappa shape index (κ2) is 8.19. The van der Waals surface area contributed by atoms with E-state index in [1.54, 1.807) is 11.0 Å². The zero-order valence-electron chi connectivity index (χ0n) is 17.9. The van der Waals surface area contributed by atoms with E-state index in [-0.39, 0.29) is 18.2 Å². The zero-order chi connectivity index (χ0) is 22.2. The summed E-state index contributed by atoms with van der Waals surface area (Å²) in [6.45, 7) is 4.14. The molecule has 0 aliphatic carbocycles. The van der Waals surface area contributed by atoms with Crippen LogP contribution < -0.4 is 9.80 Å². The highest BCUT2D eigenvalue weighted by Crippen LogP contribution is 2.26. The van der Waals surface area contributed by atoms with E-state index < -0.39 is 15.9 Å². The molecule has 1 atom stereocenters. The predicted octanol–water partition coefficient (Wildman–Crippen LogP) is 4.24. The van der Waals surface area contributed by atoms with Crippen LogP contribution in [0.2, 0.25) is 0 Å². The van der Waals surface area contributed by atoms with Crippen molar-refractivity contribution in [3.8, 4) is 0 Å². The third-order valence-corrected chi connectivity index (χ3v) is 7.20. The molecule has 0 saturated heterocycles. The fraction of sp³-hybridized carbons (Fsp3) is 0.240. The predicted molar refractivity (Wildman–Crippen MR) is 127 cm³/mol. The summed E-state index contributed by atoms with van der Waals surface area (Å²) in [5, 5.41) is 3.46. The quantitative estimate of drug-likeness (QED) is 0.603. The molecule has 0 N–H and O–H groups in total. The minimum absolute atomic E-state index is 0.0919. The lowest BCUT2D eigenvalue weighted by Gasteiger charge is -2.30. The summed E-state index contributed by atoms with van der Waals surface area (Å²) in [6.07, 6.45) is 1.61. The molecule has 3 aromatic carbocycles. The highest BCUT2D eigenvalue weighted by molar-refractivity contribution is 7.94. The Kier molecular flexibility index (Phi) is 5.58. The van der Waals surface area contributed by atoms with Crippen LogP contribution >= 0.6 is 0 Å². The molecule has 1 aliphatic rings. The number of benzene rings is 3. The minimum atomic E-state index is -3.29. The van der Waals surface area contributed by atoms with Gasteiger partial charge in [0, 0.05) is 23.8 Å². The number of fused-ring (bicyclic) bond motifs is 1. The molecule has 0 fully saturated rings. The van der Waals surface area contributed by atoms with Gasteiger partial charge in [0.25, 0.3) is 0 Å². The average molecular weight is 435 g/mol. The van der Waals surface area contributed by atoms with Gasteiger partial charge in [0.2, 0.25) is 5.91 Å².